The second-order valence-electron chi connectivity index (χ2n) is 3.94. The summed E-state index contributed by atoms with van der Waals surface area (Å²) in [6.07, 6.45) is 0. The first-order valence-corrected chi connectivity index (χ1v) is 6.59. The Balaban J connectivity index is 2.92. The van der Waals surface area contributed by atoms with Crippen molar-refractivity contribution < 1.29 is 14.3 Å². The number of benzene rings is 1. The van der Waals surface area contributed by atoms with Gasteiger partial charge in [-0.3, -0.25) is 4.79 Å². The normalized spacial score (nSPS) is 12.4. The van der Waals surface area contributed by atoms with Crippen molar-refractivity contribution in [3.05, 3.63) is 28.2 Å². The number of aryl methyl sites for hydroxylation is 1. The standard InChI is InChI=1S/C13H15BrN2O3/c1-4-19-13(18)12(9(3)17)16-15-11-6-5-8(2)7-10(11)14/h5-7,12H,4H2,1-3H3. The molecule has 0 aliphatic rings. The maximum absolute atomic E-state index is 11.5. The van der Waals surface area contributed by atoms with Crippen molar-refractivity contribution in [3.63, 3.8) is 0 Å². The zero-order valence-electron chi connectivity index (χ0n) is 11.0. The van der Waals surface area contributed by atoms with Crippen LogP contribution in [0.1, 0.15) is 19.4 Å². The van der Waals surface area contributed by atoms with Gasteiger partial charge in [-0.25, -0.2) is 4.79 Å². The largest absolute Gasteiger partial charge is 0.464 e. The molecule has 0 aliphatic carbocycles. The summed E-state index contributed by atoms with van der Waals surface area (Å²) < 4.78 is 5.53. The van der Waals surface area contributed by atoms with E-state index in [2.05, 4.69) is 26.2 Å². The predicted octanol–water partition coefficient (Wildman–Crippen LogP) is 3.36. The molecular weight excluding hydrogens is 312 g/mol. The van der Waals surface area contributed by atoms with Crippen LogP contribution in [0.15, 0.2) is 32.9 Å². The molecule has 1 rings (SSSR count). The summed E-state index contributed by atoms with van der Waals surface area (Å²) in [7, 11) is 0. The molecule has 0 bridgehead atoms. The maximum Gasteiger partial charge on any atom is 0.340 e. The molecule has 1 unspecified atom stereocenters. The molecule has 1 atom stereocenters. The molecule has 19 heavy (non-hydrogen) atoms. The zero-order valence-corrected chi connectivity index (χ0v) is 12.6. The second kappa shape index (κ2) is 7.13. The molecule has 0 amide bonds. The van der Waals surface area contributed by atoms with Gasteiger partial charge >= 0.3 is 5.97 Å². The number of Topliss-reactive ketones (excluding diaryl/α,β-unsaturated/α-hetero) is 1. The molecule has 6 heteroatoms. The Morgan fingerprint density at radius 2 is 2.11 bits per heavy atom. The topological polar surface area (TPSA) is 68.1 Å². The number of esters is 1. The van der Waals surface area contributed by atoms with E-state index in [4.69, 9.17) is 4.74 Å². The van der Waals surface area contributed by atoms with Crippen LogP contribution in [-0.2, 0) is 14.3 Å². The highest BCUT2D eigenvalue weighted by atomic mass is 79.9. The molecule has 0 N–H and O–H groups in total. The molecule has 1 aromatic carbocycles. The van der Waals surface area contributed by atoms with Gasteiger partial charge in [0.15, 0.2) is 5.78 Å². The van der Waals surface area contributed by atoms with Gasteiger partial charge in [-0.15, -0.1) is 0 Å². The van der Waals surface area contributed by atoms with Gasteiger partial charge in [0.25, 0.3) is 0 Å². The van der Waals surface area contributed by atoms with Gasteiger partial charge in [-0.05, 0) is 54.4 Å². The minimum absolute atomic E-state index is 0.201. The molecular formula is C13H15BrN2O3. The highest BCUT2D eigenvalue weighted by Gasteiger charge is 2.24. The van der Waals surface area contributed by atoms with E-state index in [0.29, 0.717) is 5.69 Å². The van der Waals surface area contributed by atoms with Gasteiger partial charge in [0.1, 0.15) is 0 Å². The van der Waals surface area contributed by atoms with Crippen LogP contribution in [0.4, 0.5) is 5.69 Å². The van der Waals surface area contributed by atoms with E-state index in [1.54, 1.807) is 13.0 Å². The number of ketones is 1. The summed E-state index contributed by atoms with van der Waals surface area (Å²) in [5.41, 5.74) is 1.63. The molecule has 102 valence electrons. The molecule has 0 saturated heterocycles. The van der Waals surface area contributed by atoms with Crippen molar-refractivity contribution >= 4 is 33.4 Å². The zero-order chi connectivity index (χ0) is 14.4. The first-order chi connectivity index (χ1) is 8.95. The minimum atomic E-state index is -1.20. The van der Waals surface area contributed by atoms with Crippen molar-refractivity contribution in [2.75, 3.05) is 6.61 Å². The van der Waals surface area contributed by atoms with E-state index in [0.717, 1.165) is 10.0 Å². The lowest BCUT2D eigenvalue weighted by molar-refractivity contribution is -0.147. The van der Waals surface area contributed by atoms with Crippen LogP contribution < -0.4 is 0 Å². The van der Waals surface area contributed by atoms with Gasteiger partial charge in [-0.2, -0.15) is 10.2 Å². The smallest absolute Gasteiger partial charge is 0.340 e. The Morgan fingerprint density at radius 3 is 2.63 bits per heavy atom. The number of rotatable bonds is 5. The number of nitrogens with zero attached hydrogens (tertiary/aromatic N) is 2. The number of carbonyl (C=O) groups excluding carboxylic acids is 2. The van der Waals surface area contributed by atoms with E-state index in [9.17, 15) is 9.59 Å². The Bertz CT molecular complexity index is 515. The fourth-order valence-corrected chi connectivity index (χ4v) is 1.90. The third-order valence-corrected chi connectivity index (χ3v) is 2.91. The van der Waals surface area contributed by atoms with E-state index in [-0.39, 0.29) is 6.61 Å². The summed E-state index contributed by atoms with van der Waals surface area (Å²) in [5, 5.41) is 7.70. The molecule has 0 spiro atoms. The summed E-state index contributed by atoms with van der Waals surface area (Å²) in [6.45, 7) is 5.10. The average molecular weight is 327 g/mol. The summed E-state index contributed by atoms with van der Waals surface area (Å²) in [4.78, 5) is 22.9. The number of ether oxygens (including phenoxy) is 1. The SMILES string of the molecule is CCOC(=O)C(N=Nc1ccc(C)cc1Br)C(C)=O. The van der Waals surface area contributed by atoms with Crippen LogP contribution in [0.25, 0.3) is 0 Å². The number of halogens is 1. The van der Waals surface area contributed by atoms with Crippen LogP contribution in [0.3, 0.4) is 0 Å². The molecule has 0 radical (unpaired) electrons. The van der Waals surface area contributed by atoms with Crippen LogP contribution in [0.2, 0.25) is 0 Å². The van der Waals surface area contributed by atoms with Gasteiger partial charge in [-0.1, -0.05) is 6.07 Å². The van der Waals surface area contributed by atoms with Gasteiger partial charge < -0.3 is 4.74 Å². The van der Waals surface area contributed by atoms with Crippen LogP contribution >= 0.6 is 15.9 Å². The lowest BCUT2D eigenvalue weighted by atomic mass is 10.2. The second-order valence-corrected chi connectivity index (χ2v) is 4.79. The van der Waals surface area contributed by atoms with Gasteiger partial charge in [0, 0.05) is 4.47 Å². The Morgan fingerprint density at radius 1 is 1.42 bits per heavy atom. The van der Waals surface area contributed by atoms with Crippen molar-refractivity contribution in [2.45, 2.75) is 26.8 Å². The first-order valence-electron chi connectivity index (χ1n) is 5.79. The van der Waals surface area contributed by atoms with E-state index < -0.39 is 17.8 Å². The number of hydrogen-bond donors (Lipinski definition) is 0. The van der Waals surface area contributed by atoms with Crippen LogP contribution in [0.5, 0.6) is 0 Å². The predicted molar refractivity (Wildman–Crippen MR) is 74.5 cm³/mol. The van der Waals surface area contributed by atoms with Crippen molar-refractivity contribution in [3.8, 4) is 0 Å². The fourth-order valence-electron chi connectivity index (χ4n) is 1.33. The maximum atomic E-state index is 11.5. The Labute approximate surface area is 120 Å². The van der Waals surface area contributed by atoms with Crippen molar-refractivity contribution in [1.29, 1.82) is 0 Å². The fraction of sp³-hybridized carbons (Fsp3) is 0.385. The number of azo groups is 1. The van der Waals surface area contributed by atoms with E-state index in [1.165, 1.54) is 6.92 Å². The minimum Gasteiger partial charge on any atom is -0.464 e. The van der Waals surface area contributed by atoms with Crippen LogP contribution in [-0.4, -0.2) is 24.4 Å². The van der Waals surface area contributed by atoms with Crippen molar-refractivity contribution in [2.24, 2.45) is 10.2 Å². The third-order valence-electron chi connectivity index (χ3n) is 2.28. The Kier molecular flexibility index (Phi) is 5.82. The average Bonchev–Trinajstić information content (AvgIpc) is 2.31. The third kappa shape index (κ3) is 4.55. The molecule has 0 aliphatic heterocycles. The monoisotopic (exact) mass is 326 g/mol. The summed E-state index contributed by atoms with van der Waals surface area (Å²) in [5.74, 6) is -1.08. The lowest BCUT2D eigenvalue weighted by Gasteiger charge is -2.06. The van der Waals surface area contributed by atoms with Crippen LogP contribution in [0, 0.1) is 6.92 Å². The van der Waals surface area contributed by atoms with Gasteiger partial charge in [0.05, 0.1) is 12.3 Å². The molecule has 0 heterocycles. The van der Waals surface area contributed by atoms with E-state index >= 15 is 0 Å². The summed E-state index contributed by atoms with van der Waals surface area (Å²) in [6, 6.07) is 4.30. The Hall–Kier alpha value is -1.56. The van der Waals surface area contributed by atoms with E-state index in [1.807, 2.05) is 19.1 Å². The quantitative estimate of drug-likeness (QED) is 0.473. The number of hydrogen-bond acceptors (Lipinski definition) is 5. The molecule has 1 aromatic rings. The first kappa shape index (κ1) is 15.5. The molecule has 0 saturated carbocycles. The molecule has 0 fully saturated rings. The summed E-state index contributed by atoms with van der Waals surface area (Å²) >= 11 is 3.35. The number of carbonyl (C=O) groups is 2. The molecule has 5 nitrogen and oxygen atoms in total. The molecule has 0 aromatic heterocycles. The highest BCUT2D eigenvalue weighted by molar-refractivity contribution is 9.10. The van der Waals surface area contributed by atoms with Gasteiger partial charge in [0.2, 0.25) is 6.04 Å². The van der Waals surface area contributed by atoms with Crippen molar-refractivity contribution in [1.82, 2.24) is 0 Å². The highest BCUT2D eigenvalue weighted by Crippen LogP contribution is 2.26. The lowest BCUT2D eigenvalue weighted by Crippen LogP contribution is -2.28.